The number of ether oxygens (including phenoxy) is 2. The average Bonchev–Trinajstić information content (AvgIpc) is 3.43. The van der Waals surface area contributed by atoms with Gasteiger partial charge in [-0.05, 0) is 0 Å². The Morgan fingerprint density at radius 2 is 1.00 bits per heavy atom. The van der Waals surface area contributed by atoms with Crippen LogP contribution in [0, 0.1) is 23.7 Å². The Morgan fingerprint density at radius 3 is 1.35 bits per heavy atom. The van der Waals surface area contributed by atoms with E-state index in [1.807, 2.05) is 0 Å². The molecule has 184 valence electrons. The number of hydrogen-bond donors (Lipinski definition) is 8. The van der Waals surface area contributed by atoms with Crippen molar-refractivity contribution in [2.45, 2.75) is 61.0 Å². The zero-order valence-corrected chi connectivity index (χ0v) is 19.2. The van der Waals surface area contributed by atoms with Crippen molar-refractivity contribution in [3.8, 4) is 23.7 Å². The molecule has 34 heavy (non-hydrogen) atoms. The SMILES string of the molecule is OCC1O[C@H](C#Cc2csc3c(C#C[C@H]4O[C@H](CO)[C@@H](O)[C@H](O)[C@@H]4O)csc23)[C@@H](O)C(O)[C@@H]1O. The highest BCUT2D eigenvalue weighted by Gasteiger charge is 2.43. The van der Waals surface area contributed by atoms with Crippen LogP contribution in [0.15, 0.2) is 10.8 Å². The summed E-state index contributed by atoms with van der Waals surface area (Å²) >= 11 is 2.75. The molecule has 2 aliphatic rings. The van der Waals surface area contributed by atoms with Crippen molar-refractivity contribution in [3.05, 3.63) is 21.9 Å². The van der Waals surface area contributed by atoms with Gasteiger partial charge >= 0.3 is 0 Å². The van der Waals surface area contributed by atoms with Crippen molar-refractivity contribution < 1.29 is 50.3 Å². The summed E-state index contributed by atoms with van der Waals surface area (Å²) in [6, 6.07) is 0. The summed E-state index contributed by atoms with van der Waals surface area (Å²) < 4.78 is 12.4. The van der Waals surface area contributed by atoms with Gasteiger partial charge in [0.25, 0.3) is 0 Å². The van der Waals surface area contributed by atoms with E-state index in [0.717, 1.165) is 9.40 Å². The molecule has 10 atom stereocenters. The Kier molecular flexibility index (Phi) is 7.91. The topological polar surface area (TPSA) is 180 Å². The number of aliphatic hydroxyl groups excluding tert-OH is 8. The van der Waals surface area contributed by atoms with Crippen LogP contribution in [-0.2, 0) is 9.47 Å². The van der Waals surface area contributed by atoms with Crippen molar-refractivity contribution >= 4 is 32.1 Å². The molecule has 0 spiro atoms. The summed E-state index contributed by atoms with van der Waals surface area (Å²) in [6.07, 6.45) is -13.1. The zero-order valence-electron chi connectivity index (χ0n) is 17.6. The first-order valence-corrected chi connectivity index (χ1v) is 12.2. The van der Waals surface area contributed by atoms with Crippen LogP contribution in [0.1, 0.15) is 11.1 Å². The van der Waals surface area contributed by atoms with Crippen molar-refractivity contribution in [2.75, 3.05) is 13.2 Å². The Balaban J connectivity index is 1.54. The molecule has 12 heteroatoms. The van der Waals surface area contributed by atoms with E-state index in [1.165, 1.54) is 22.7 Å². The van der Waals surface area contributed by atoms with Gasteiger partial charge in [-0.3, -0.25) is 0 Å². The molecule has 2 fully saturated rings. The third-order valence-electron chi connectivity index (χ3n) is 5.77. The first-order valence-electron chi connectivity index (χ1n) is 10.4. The van der Waals surface area contributed by atoms with Gasteiger partial charge in [-0.25, -0.2) is 0 Å². The van der Waals surface area contributed by atoms with E-state index >= 15 is 0 Å². The summed E-state index contributed by atoms with van der Waals surface area (Å²) in [7, 11) is 0. The van der Waals surface area contributed by atoms with Gasteiger partial charge < -0.3 is 50.3 Å². The molecule has 0 amide bonds. The molecule has 2 unspecified atom stereocenters. The Labute approximate surface area is 202 Å². The highest BCUT2D eigenvalue weighted by Crippen LogP contribution is 2.34. The lowest BCUT2D eigenvalue weighted by Gasteiger charge is -2.37. The molecule has 8 N–H and O–H groups in total. The fourth-order valence-corrected chi connectivity index (χ4v) is 5.90. The minimum Gasteiger partial charge on any atom is -0.394 e. The second-order valence-electron chi connectivity index (χ2n) is 7.99. The molecule has 2 saturated heterocycles. The van der Waals surface area contributed by atoms with Gasteiger partial charge in [-0.2, -0.15) is 0 Å². The number of fused-ring (bicyclic) bond motifs is 1. The van der Waals surface area contributed by atoms with Crippen molar-refractivity contribution in [1.82, 2.24) is 0 Å². The predicted molar refractivity (Wildman–Crippen MR) is 121 cm³/mol. The van der Waals surface area contributed by atoms with Crippen LogP contribution in [0.5, 0.6) is 0 Å². The molecule has 0 bridgehead atoms. The normalized spacial score (nSPS) is 38.1. The standard InChI is InChI=1S/C22H24O10S2/c23-5-13-17(27)19(29)15(25)11(31-13)3-1-9-7-33-22-10(8-34-21(9)22)2-4-12-16(26)20(30)18(28)14(6-24)32-12/h7-8,11-20,23-30H,5-6H2/t11-,12-,13-,14?,15-,16-,17-,18-,19-,20?/m1/s1. The van der Waals surface area contributed by atoms with E-state index < -0.39 is 74.3 Å². The monoisotopic (exact) mass is 512 g/mol. The molecule has 2 aromatic rings. The number of aliphatic hydroxyl groups is 8. The molecular weight excluding hydrogens is 488 g/mol. The second-order valence-corrected chi connectivity index (χ2v) is 9.75. The smallest absolute Gasteiger partial charge is 0.147 e. The van der Waals surface area contributed by atoms with Gasteiger partial charge in [0.15, 0.2) is 0 Å². The molecule has 0 aromatic carbocycles. The molecule has 0 radical (unpaired) electrons. The highest BCUT2D eigenvalue weighted by atomic mass is 32.1. The van der Waals surface area contributed by atoms with E-state index in [0.29, 0.717) is 11.1 Å². The van der Waals surface area contributed by atoms with Crippen LogP contribution < -0.4 is 0 Å². The van der Waals surface area contributed by atoms with Gasteiger partial charge in [0.2, 0.25) is 0 Å². The fourth-order valence-electron chi connectivity index (χ4n) is 3.73. The molecule has 0 saturated carbocycles. The molecule has 4 rings (SSSR count). The van der Waals surface area contributed by atoms with Gasteiger partial charge in [0, 0.05) is 10.8 Å². The third-order valence-corrected chi connectivity index (χ3v) is 7.92. The summed E-state index contributed by atoms with van der Waals surface area (Å²) in [4.78, 5) is 0. The van der Waals surface area contributed by atoms with E-state index in [4.69, 9.17) is 9.47 Å². The van der Waals surface area contributed by atoms with Crippen LogP contribution in [0.3, 0.4) is 0 Å². The van der Waals surface area contributed by atoms with Crippen LogP contribution in [0.4, 0.5) is 0 Å². The Hall–Kier alpha value is -1.62. The molecule has 4 heterocycles. The Bertz CT molecular complexity index is 1030. The minimum atomic E-state index is -1.50. The zero-order chi connectivity index (χ0) is 24.6. The summed E-state index contributed by atoms with van der Waals surface area (Å²) in [5, 5.41) is 82.0. The van der Waals surface area contributed by atoms with Crippen molar-refractivity contribution in [1.29, 1.82) is 0 Å². The molecule has 10 nitrogen and oxygen atoms in total. The second kappa shape index (κ2) is 10.6. The molecule has 2 aromatic heterocycles. The van der Waals surface area contributed by atoms with Crippen molar-refractivity contribution in [3.63, 3.8) is 0 Å². The Morgan fingerprint density at radius 1 is 0.618 bits per heavy atom. The number of thiophene rings is 2. The van der Waals surface area contributed by atoms with E-state index in [-0.39, 0.29) is 0 Å². The predicted octanol–water partition coefficient (Wildman–Crippen LogP) is -2.65. The summed E-state index contributed by atoms with van der Waals surface area (Å²) in [5.74, 6) is 11.3. The summed E-state index contributed by atoms with van der Waals surface area (Å²) in [5.41, 5.74) is 1.28. The van der Waals surface area contributed by atoms with Crippen LogP contribution in [0.2, 0.25) is 0 Å². The van der Waals surface area contributed by atoms with Gasteiger partial charge in [0.1, 0.15) is 61.0 Å². The first-order chi connectivity index (χ1) is 16.3. The number of rotatable bonds is 2. The molecule has 0 aliphatic carbocycles. The van der Waals surface area contributed by atoms with E-state index in [2.05, 4.69) is 23.7 Å². The molecular formula is C22H24O10S2. The quantitative estimate of drug-likeness (QED) is 0.198. The van der Waals surface area contributed by atoms with Gasteiger partial charge in [-0.1, -0.05) is 23.7 Å². The fraction of sp³-hybridized carbons (Fsp3) is 0.545. The maximum atomic E-state index is 10.1. The largest absolute Gasteiger partial charge is 0.394 e. The molecule has 2 aliphatic heterocycles. The maximum Gasteiger partial charge on any atom is 0.147 e. The average molecular weight is 513 g/mol. The first kappa shape index (κ1) is 25.5. The third kappa shape index (κ3) is 4.74. The van der Waals surface area contributed by atoms with Crippen molar-refractivity contribution in [2.24, 2.45) is 0 Å². The van der Waals surface area contributed by atoms with E-state index in [1.54, 1.807) is 10.8 Å². The highest BCUT2D eigenvalue weighted by molar-refractivity contribution is 7.26. The lowest BCUT2D eigenvalue weighted by Crippen LogP contribution is -2.58. The van der Waals surface area contributed by atoms with Crippen LogP contribution >= 0.6 is 22.7 Å². The summed E-state index contributed by atoms with van der Waals surface area (Å²) in [6.45, 7) is -1.07. The lowest BCUT2D eigenvalue weighted by atomic mass is 9.95. The van der Waals surface area contributed by atoms with Gasteiger partial charge in [-0.15, -0.1) is 22.7 Å². The van der Waals surface area contributed by atoms with E-state index in [9.17, 15) is 40.9 Å². The lowest BCUT2D eigenvalue weighted by molar-refractivity contribution is -0.214. The van der Waals surface area contributed by atoms with Gasteiger partial charge in [0.05, 0.1) is 33.7 Å². The van der Waals surface area contributed by atoms with Crippen LogP contribution in [0.25, 0.3) is 9.40 Å². The maximum absolute atomic E-state index is 10.1. The van der Waals surface area contributed by atoms with Crippen LogP contribution in [-0.4, -0.2) is 115 Å². The minimum absolute atomic E-state index is 0.535. The number of hydrogen-bond acceptors (Lipinski definition) is 12.